The normalized spacial score (nSPS) is 14.3. The van der Waals surface area contributed by atoms with Gasteiger partial charge in [0.25, 0.3) is 0 Å². The van der Waals surface area contributed by atoms with Gasteiger partial charge < -0.3 is 4.74 Å². The Balaban J connectivity index is 3.16. The first-order chi connectivity index (χ1) is 4.18. The molecule has 0 fully saturated rings. The molecule has 3 heteroatoms. The molecule has 0 bridgehead atoms. The lowest BCUT2D eigenvalue weighted by Gasteiger charge is -2.18. The van der Waals surface area contributed by atoms with Crippen LogP contribution in [0.2, 0.25) is 0 Å². The number of likely N-dealkylation sites (N-methyl/N-ethyl adjacent to an activating group) is 1. The molecule has 0 radical (unpaired) electrons. The highest BCUT2D eigenvalue weighted by molar-refractivity contribution is 7.80. The van der Waals surface area contributed by atoms with Crippen molar-refractivity contribution in [3.8, 4) is 0 Å². The fourth-order valence-electron chi connectivity index (χ4n) is 0.422. The number of hydrogen-bond donors (Lipinski definition) is 1. The highest BCUT2D eigenvalue weighted by Crippen LogP contribution is 1.97. The molecule has 0 aliphatic carbocycles. The van der Waals surface area contributed by atoms with Gasteiger partial charge in [0.2, 0.25) is 0 Å². The maximum absolute atomic E-state index is 4.89. The number of nitrogens with zero attached hydrogens (tertiary/aromatic N) is 1. The molecule has 0 saturated heterocycles. The van der Waals surface area contributed by atoms with Crippen molar-refractivity contribution >= 4 is 12.6 Å². The molecule has 0 saturated carbocycles. The molecular weight excluding hydrogens is 134 g/mol. The lowest BCUT2D eigenvalue weighted by atomic mass is 10.5. The van der Waals surface area contributed by atoms with Crippen molar-refractivity contribution in [1.29, 1.82) is 0 Å². The van der Waals surface area contributed by atoms with Crippen LogP contribution in [0.4, 0.5) is 0 Å². The van der Waals surface area contributed by atoms with Gasteiger partial charge in [-0.15, -0.1) is 0 Å². The number of hydrogen-bond acceptors (Lipinski definition) is 3. The first-order valence-electron chi connectivity index (χ1n) is 3.05. The van der Waals surface area contributed by atoms with E-state index in [1.165, 1.54) is 0 Å². The Morgan fingerprint density at radius 1 is 1.67 bits per heavy atom. The molecule has 2 nitrogen and oxygen atoms in total. The molecule has 56 valence electrons. The second kappa shape index (κ2) is 5.09. The zero-order valence-corrected chi connectivity index (χ0v) is 7.19. The van der Waals surface area contributed by atoms with Crippen molar-refractivity contribution < 1.29 is 4.74 Å². The van der Waals surface area contributed by atoms with Crippen LogP contribution in [0.5, 0.6) is 0 Å². The quantitative estimate of drug-likeness (QED) is 0.470. The first-order valence-corrected chi connectivity index (χ1v) is 3.57. The summed E-state index contributed by atoms with van der Waals surface area (Å²) in [6.07, 6.45) is 0. The van der Waals surface area contributed by atoms with Gasteiger partial charge in [-0.1, -0.05) is 0 Å². The Kier molecular flexibility index (Phi) is 5.24. The van der Waals surface area contributed by atoms with Crippen molar-refractivity contribution in [2.75, 3.05) is 27.3 Å². The maximum Gasteiger partial charge on any atom is 0.0589 e. The van der Waals surface area contributed by atoms with Crippen molar-refractivity contribution in [2.24, 2.45) is 0 Å². The standard InChI is InChI=1S/C6H15NOS/c1-6(9)7(2)4-5-8-3/h6,9H,4-5H2,1-3H3. The lowest BCUT2D eigenvalue weighted by molar-refractivity contribution is 0.159. The average molecular weight is 149 g/mol. The summed E-state index contributed by atoms with van der Waals surface area (Å²) in [7, 11) is 3.73. The molecule has 0 amide bonds. The van der Waals surface area contributed by atoms with Gasteiger partial charge in [-0.25, -0.2) is 0 Å². The third kappa shape index (κ3) is 4.75. The van der Waals surface area contributed by atoms with Gasteiger partial charge in [0.1, 0.15) is 0 Å². The van der Waals surface area contributed by atoms with Crippen LogP contribution < -0.4 is 0 Å². The van der Waals surface area contributed by atoms with Crippen LogP contribution in [0.15, 0.2) is 0 Å². The minimum Gasteiger partial charge on any atom is -0.383 e. The van der Waals surface area contributed by atoms with Crippen LogP contribution in [0.1, 0.15) is 6.92 Å². The minimum absolute atomic E-state index is 0.320. The van der Waals surface area contributed by atoms with E-state index >= 15 is 0 Å². The van der Waals surface area contributed by atoms with E-state index in [1.807, 2.05) is 14.0 Å². The summed E-state index contributed by atoms with van der Waals surface area (Å²) in [6, 6.07) is 0. The van der Waals surface area contributed by atoms with E-state index in [2.05, 4.69) is 17.5 Å². The molecule has 0 aromatic rings. The lowest BCUT2D eigenvalue weighted by Crippen LogP contribution is -2.27. The number of methoxy groups -OCH3 is 1. The third-order valence-corrected chi connectivity index (χ3v) is 1.68. The summed E-state index contributed by atoms with van der Waals surface area (Å²) in [5.74, 6) is 0. The van der Waals surface area contributed by atoms with Crippen LogP contribution in [0, 0.1) is 0 Å². The molecule has 0 aliphatic rings. The van der Waals surface area contributed by atoms with Gasteiger partial charge in [-0.05, 0) is 14.0 Å². The van der Waals surface area contributed by atoms with Crippen molar-refractivity contribution in [3.05, 3.63) is 0 Å². The van der Waals surface area contributed by atoms with Crippen molar-refractivity contribution in [1.82, 2.24) is 4.90 Å². The molecule has 0 heterocycles. The van der Waals surface area contributed by atoms with E-state index in [0.717, 1.165) is 13.2 Å². The summed E-state index contributed by atoms with van der Waals surface area (Å²) >= 11 is 4.24. The van der Waals surface area contributed by atoms with Gasteiger partial charge in [-0.3, -0.25) is 4.90 Å². The zero-order chi connectivity index (χ0) is 7.28. The van der Waals surface area contributed by atoms with E-state index in [9.17, 15) is 0 Å². The van der Waals surface area contributed by atoms with Gasteiger partial charge in [-0.2, -0.15) is 12.6 Å². The fourth-order valence-corrected chi connectivity index (χ4v) is 0.538. The minimum atomic E-state index is 0.320. The highest BCUT2D eigenvalue weighted by atomic mass is 32.1. The Morgan fingerprint density at radius 3 is 2.56 bits per heavy atom. The molecule has 1 unspecified atom stereocenters. The van der Waals surface area contributed by atoms with Crippen LogP contribution in [-0.4, -0.2) is 37.6 Å². The molecular formula is C6H15NOS. The van der Waals surface area contributed by atoms with Crippen LogP contribution >= 0.6 is 12.6 Å². The predicted octanol–water partition coefficient (Wildman–Crippen LogP) is 0.840. The van der Waals surface area contributed by atoms with Gasteiger partial charge in [0, 0.05) is 19.0 Å². The number of ether oxygens (including phenoxy) is 1. The molecule has 0 aromatic heterocycles. The van der Waals surface area contributed by atoms with Gasteiger partial charge in [0.15, 0.2) is 0 Å². The SMILES string of the molecule is COCCN(C)C(C)S. The molecule has 9 heavy (non-hydrogen) atoms. The zero-order valence-electron chi connectivity index (χ0n) is 6.29. The van der Waals surface area contributed by atoms with E-state index < -0.39 is 0 Å². The monoisotopic (exact) mass is 149 g/mol. The van der Waals surface area contributed by atoms with Crippen molar-refractivity contribution in [2.45, 2.75) is 12.3 Å². The topological polar surface area (TPSA) is 12.5 Å². The molecule has 0 aromatic carbocycles. The van der Waals surface area contributed by atoms with Crippen LogP contribution in [0.25, 0.3) is 0 Å². The largest absolute Gasteiger partial charge is 0.383 e. The van der Waals surface area contributed by atoms with Crippen LogP contribution in [0.3, 0.4) is 0 Å². The van der Waals surface area contributed by atoms with E-state index in [1.54, 1.807) is 7.11 Å². The van der Waals surface area contributed by atoms with Crippen LogP contribution in [-0.2, 0) is 4.74 Å². The molecule has 0 aliphatic heterocycles. The summed E-state index contributed by atoms with van der Waals surface area (Å²) in [5, 5.41) is 0.320. The van der Waals surface area contributed by atoms with E-state index in [4.69, 9.17) is 4.74 Å². The van der Waals surface area contributed by atoms with Gasteiger partial charge in [0.05, 0.1) is 6.61 Å². The summed E-state index contributed by atoms with van der Waals surface area (Å²) in [4.78, 5) is 2.12. The molecule has 0 spiro atoms. The highest BCUT2D eigenvalue weighted by Gasteiger charge is 2.00. The molecule has 0 N–H and O–H groups in total. The smallest absolute Gasteiger partial charge is 0.0589 e. The second-order valence-electron chi connectivity index (χ2n) is 2.11. The number of thiol groups is 1. The predicted molar refractivity (Wildman–Crippen MR) is 43.0 cm³/mol. The van der Waals surface area contributed by atoms with E-state index in [0.29, 0.717) is 5.37 Å². The molecule has 0 rings (SSSR count). The van der Waals surface area contributed by atoms with Gasteiger partial charge >= 0.3 is 0 Å². The average Bonchev–Trinajstić information content (AvgIpc) is 1.82. The molecule has 1 atom stereocenters. The van der Waals surface area contributed by atoms with Crippen molar-refractivity contribution in [3.63, 3.8) is 0 Å². The third-order valence-electron chi connectivity index (χ3n) is 1.29. The number of rotatable bonds is 4. The summed E-state index contributed by atoms with van der Waals surface area (Å²) < 4.78 is 4.89. The van der Waals surface area contributed by atoms with E-state index in [-0.39, 0.29) is 0 Å². The Bertz CT molecular complexity index is 68.1. The first kappa shape index (κ1) is 9.27. The Labute approximate surface area is 62.6 Å². The fraction of sp³-hybridized carbons (Fsp3) is 1.00. The maximum atomic E-state index is 4.89. The Morgan fingerprint density at radius 2 is 2.22 bits per heavy atom. The summed E-state index contributed by atoms with van der Waals surface area (Å²) in [6.45, 7) is 3.77. The Hall–Kier alpha value is 0.270. The summed E-state index contributed by atoms with van der Waals surface area (Å²) in [5.41, 5.74) is 0. The second-order valence-corrected chi connectivity index (χ2v) is 2.85.